The highest BCUT2D eigenvalue weighted by molar-refractivity contribution is 7.89. The van der Waals surface area contributed by atoms with Crippen molar-refractivity contribution >= 4 is 21.6 Å². The zero-order valence-electron chi connectivity index (χ0n) is 19.2. The molecule has 1 aliphatic carbocycles. The normalized spacial score (nSPS) is 19.1. The standard InChI is InChI=1S/C25H33N3O4S/c1-20(25(29)26-21-8-4-2-5-9-21)32-23-12-14-24(15-13-23)33(30,31)28-18-16-27(17-19-28)22-10-6-3-7-11-22/h3,6-7,10-15,20-21H,2,4-5,8-9,16-19H2,1H3,(H,26,29)/t20-/m1/s1. The van der Waals surface area contributed by atoms with Crippen molar-refractivity contribution in [2.24, 2.45) is 0 Å². The number of carbonyl (C=O) groups excluding carboxylic acids is 1. The van der Waals surface area contributed by atoms with Gasteiger partial charge in [0.25, 0.3) is 5.91 Å². The molecule has 0 aromatic heterocycles. The van der Waals surface area contributed by atoms with E-state index in [4.69, 9.17) is 4.74 Å². The molecule has 0 unspecified atom stereocenters. The number of carbonyl (C=O) groups is 1. The zero-order chi connectivity index (χ0) is 23.3. The summed E-state index contributed by atoms with van der Waals surface area (Å²) in [6, 6.07) is 16.6. The first-order valence-corrected chi connectivity index (χ1v) is 13.2. The van der Waals surface area contributed by atoms with Gasteiger partial charge in [-0.05, 0) is 56.2 Å². The van der Waals surface area contributed by atoms with E-state index >= 15 is 0 Å². The second-order valence-corrected chi connectivity index (χ2v) is 10.7. The first kappa shape index (κ1) is 23.6. The molecule has 2 aromatic rings. The van der Waals surface area contributed by atoms with Crippen LogP contribution in [0.15, 0.2) is 59.5 Å². The summed E-state index contributed by atoms with van der Waals surface area (Å²) in [5.74, 6) is 0.351. The molecule has 1 saturated carbocycles. The quantitative estimate of drug-likeness (QED) is 0.670. The topological polar surface area (TPSA) is 79.0 Å². The third-order valence-corrected chi connectivity index (χ3v) is 8.37. The van der Waals surface area contributed by atoms with E-state index in [1.54, 1.807) is 31.2 Å². The third-order valence-electron chi connectivity index (χ3n) is 6.46. The minimum atomic E-state index is -3.58. The molecule has 7 nitrogen and oxygen atoms in total. The lowest BCUT2D eigenvalue weighted by atomic mass is 9.95. The van der Waals surface area contributed by atoms with Crippen molar-refractivity contribution in [2.45, 2.75) is 56.1 Å². The monoisotopic (exact) mass is 471 g/mol. The van der Waals surface area contributed by atoms with Gasteiger partial charge in [-0.2, -0.15) is 4.31 Å². The van der Waals surface area contributed by atoms with E-state index in [0.717, 1.165) is 31.4 Å². The van der Waals surface area contributed by atoms with E-state index in [1.165, 1.54) is 10.7 Å². The molecular weight excluding hydrogens is 438 g/mol. The Hall–Kier alpha value is -2.58. The van der Waals surface area contributed by atoms with Crippen LogP contribution in [-0.4, -0.2) is 57.0 Å². The number of hydrogen-bond acceptors (Lipinski definition) is 5. The molecule has 0 bridgehead atoms. The van der Waals surface area contributed by atoms with Crippen molar-refractivity contribution in [1.29, 1.82) is 0 Å². The second kappa shape index (κ2) is 10.6. The molecule has 2 aromatic carbocycles. The molecule has 0 spiro atoms. The SMILES string of the molecule is C[C@@H](Oc1ccc(S(=O)(=O)N2CCN(c3ccccc3)CC2)cc1)C(=O)NC1CCCCC1. The lowest BCUT2D eigenvalue weighted by molar-refractivity contribution is -0.128. The Morgan fingerprint density at radius 2 is 1.58 bits per heavy atom. The molecule has 1 amide bonds. The lowest BCUT2D eigenvalue weighted by Gasteiger charge is -2.35. The Bertz CT molecular complexity index is 1010. The van der Waals surface area contributed by atoms with Crippen molar-refractivity contribution in [3.63, 3.8) is 0 Å². The van der Waals surface area contributed by atoms with Crippen LogP contribution in [0.5, 0.6) is 5.75 Å². The molecule has 1 aliphatic heterocycles. The van der Waals surface area contributed by atoms with Crippen molar-refractivity contribution in [3.8, 4) is 5.75 Å². The number of nitrogens with one attached hydrogen (secondary N) is 1. The Morgan fingerprint density at radius 1 is 0.939 bits per heavy atom. The van der Waals surface area contributed by atoms with E-state index in [1.807, 2.05) is 30.3 Å². The summed E-state index contributed by atoms with van der Waals surface area (Å²) in [6.45, 7) is 3.90. The summed E-state index contributed by atoms with van der Waals surface area (Å²) >= 11 is 0. The summed E-state index contributed by atoms with van der Waals surface area (Å²) in [7, 11) is -3.58. The molecule has 4 rings (SSSR count). The fourth-order valence-electron chi connectivity index (χ4n) is 4.49. The molecule has 0 radical (unpaired) electrons. The Morgan fingerprint density at radius 3 is 2.21 bits per heavy atom. The number of piperazine rings is 1. The lowest BCUT2D eigenvalue weighted by Crippen LogP contribution is -2.48. The summed E-state index contributed by atoms with van der Waals surface area (Å²) in [5, 5.41) is 3.06. The predicted molar refractivity (Wildman–Crippen MR) is 129 cm³/mol. The minimum absolute atomic E-state index is 0.130. The molecule has 1 heterocycles. The van der Waals surface area contributed by atoms with Crippen LogP contribution in [0.1, 0.15) is 39.0 Å². The smallest absolute Gasteiger partial charge is 0.260 e. The third kappa shape index (κ3) is 5.86. The molecule has 178 valence electrons. The van der Waals surface area contributed by atoms with Crippen LogP contribution < -0.4 is 15.0 Å². The average Bonchev–Trinajstić information content (AvgIpc) is 2.85. The van der Waals surface area contributed by atoms with E-state index in [9.17, 15) is 13.2 Å². The molecule has 2 fully saturated rings. The number of rotatable bonds is 7. The van der Waals surface area contributed by atoms with Gasteiger partial charge in [0.05, 0.1) is 4.90 Å². The summed E-state index contributed by atoms with van der Waals surface area (Å²) < 4.78 is 33.5. The highest BCUT2D eigenvalue weighted by atomic mass is 32.2. The molecule has 1 saturated heterocycles. The minimum Gasteiger partial charge on any atom is -0.481 e. The largest absolute Gasteiger partial charge is 0.481 e. The van der Waals surface area contributed by atoms with Crippen LogP contribution in [0.2, 0.25) is 0 Å². The summed E-state index contributed by atoms with van der Waals surface area (Å²) in [6.07, 6.45) is 4.93. The number of benzene rings is 2. The Labute approximate surface area is 196 Å². The first-order chi connectivity index (χ1) is 15.9. The molecule has 8 heteroatoms. The number of hydrogen-bond donors (Lipinski definition) is 1. The average molecular weight is 472 g/mol. The van der Waals surface area contributed by atoms with Gasteiger partial charge in [-0.15, -0.1) is 0 Å². The number of amides is 1. The van der Waals surface area contributed by atoms with Gasteiger partial charge in [0.2, 0.25) is 10.0 Å². The van der Waals surface area contributed by atoms with Gasteiger partial charge in [-0.3, -0.25) is 4.79 Å². The van der Waals surface area contributed by atoms with Gasteiger partial charge in [-0.1, -0.05) is 37.5 Å². The number of para-hydroxylation sites is 1. The van der Waals surface area contributed by atoms with E-state index < -0.39 is 16.1 Å². The fourth-order valence-corrected chi connectivity index (χ4v) is 5.91. The van der Waals surface area contributed by atoms with Crippen LogP contribution in [0.3, 0.4) is 0 Å². The highest BCUT2D eigenvalue weighted by Gasteiger charge is 2.29. The molecule has 33 heavy (non-hydrogen) atoms. The van der Waals surface area contributed by atoms with Crippen LogP contribution in [0.4, 0.5) is 5.69 Å². The molecule has 1 atom stereocenters. The van der Waals surface area contributed by atoms with Crippen LogP contribution in [0.25, 0.3) is 0 Å². The number of anilines is 1. The van der Waals surface area contributed by atoms with Gasteiger partial charge >= 0.3 is 0 Å². The molecule has 1 N–H and O–H groups in total. The molecular formula is C25H33N3O4S. The van der Waals surface area contributed by atoms with Gasteiger partial charge < -0.3 is 15.0 Å². The maximum absolute atomic E-state index is 13.1. The fraction of sp³-hybridized carbons (Fsp3) is 0.480. The predicted octanol–water partition coefficient (Wildman–Crippen LogP) is 3.41. The van der Waals surface area contributed by atoms with Gasteiger partial charge in [0.1, 0.15) is 5.75 Å². The first-order valence-electron chi connectivity index (χ1n) is 11.8. The summed E-state index contributed by atoms with van der Waals surface area (Å²) in [4.78, 5) is 14.9. The zero-order valence-corrected chi connectivity index (χ0v) is 20.0. The number of sulfonamides is 1. The van der Waals surface area contributed by atoms with Crippen LogP contribution in [0, 0.1) is 0 Å². The van der Waals surface area contributed by atoms with E-state index in [2.05, 4.69) is 10.2 Å². The van der Waals surface area contributed by atoms with Crippen molar-refractivity contribution in [3.05, 3.63) is 54.6 Å². The van der Waals surface area contributed by atoms with Crippen molar-refractivity contribution in [1.82, 2.24) is 9.62 Å². The van der Waals surface area contributed by atoms with E-state index in [0.29, 0.717) is 31.9 Å². The van der Waals surface area contributed by atoms with Crippen molar-refractivity contribution < 1.29 is 17.9 Å². The number of nitrogens with zero attached hydrogens (tertiary/aromatic N) is 2. The maximum Gasteiger partial charge on any atom is 0.260 e. The summed E-state index contributed by atoms with van der Waals surface area (Å²) in [5.41, 5.74) is 1.11. The molecule has 2 aliphatic rings. The second-order valence-electron chi connectivity index (χ2n) is 8.80. The van der Waals surface area contributed by atoms with E-state index in [-0.39, 0.29) is 16.8 Å². The van der Waals surface area contributed by atoms with Gasteiger partial charge in [0.15, 0.2) is 6.10 Å². The number of ether oxygens (including phenoxy) is 1. The van der Waals surface area contributed by atoms with Crippen LogP contribution in [-0.2, 0) is 14.8 Å². The Kier molecular flexibility index (Phi) is 7.55. The Balaban J connectivity index is 1.32. The maximum atomic E-state index is 13.1. The van der Waals surface area contributed by atoms with Gasteiger partial charge in [-0.25, -0.2) is 8.42 Å². The highest BCUT2D eigenvalue weighted by Crippen LogP contribution is 2.23. The van der Waals surface area contributed by atoms with Crippen molar-refractivity contribution in [2.75, 3.05) is 31.1 Å². The van der Waals surface area contributed by atoms with Crippen LogP contribution >= 0.6 is 0 Å². The van der Waals surface area contributed by atoms with Gasteiger partial charge in [0, 0.05) is 37.9 Å².